The second-order valence-electron chi connectivity index (χ2n) is 5.74. The van der Waals surface area contributed by atoms with Crippen LogP contribution in [-0.2, 0) is 4.74 Å². The minimum absolute atomic E-state index is 0.301. The molecule has 0 aromatic heterocycles. The molecule has 2 rings (SSSR count). The molecule has 0 saturated carbocycles. The molecule has 1 aliphatic rings. The summed E-state index contributed by atoms with van der Waals surface area (Å²) in [5.41, 5.74) is -0.0212. The van der Waals surface area contributed by atoms with Crippen LogP contribution in [0.1, 0.15) is 20.8 Å². The predicted octanol–water partition coefficient (Wildman–Crippen LogP) is 3.60. The van der Waals surface area contributed by atoms with Gasteiger partial charge in [0.1, 0.15) is 11.4 Å². The van der Waals surface area contributed by atoms with Crippen LogP contribution in [0.2, 0.25) is 0 Å². The van der Waals surface area contributed by atoms with Crippen molar-refractivity contribution in [2.24, 2.45) is 0 Å². The molecule has 1 aromatic carbocycles. The Bertz CT molecular complexity index is 516. The van der Waals surface area contributed by atoms with E-state index >= 15 is 0 Å². The molecule has 1 saturated heterocycles. The minimum atomic E-state index is -0.520. The third-order valence-corrected chi connectivity index (χ3v) is 3.38. The van der Waals surface area contributed by atoms with E-state index in [1.807, 2.05) is 25.7 Å². The number of hydrogen-bond donors (Lipinski definition) is 0. The van der Waals surface area contributed by atoms with Crippen molar-refractivity contribution in [2.45, 2.75) is 26.4 Å². The maximum Gasteiger partial charge on any atom is 0.411 e. The number of nitrogens with zero attached hydrogens (tertiary/aromatic N) is 2. The third kappa shape index (κ3) is 3.62. The van der Waals surface area contributed by atoms with Gasteiger partial charge in [0.15, 0.2) is 0 Å². The number of ether oxygens (including phenoxy) is 1. The molecule has 0 bridgehead atoms. The smallest absolute Gasteiger partial charge is 0.411 e. The monoisotopic (exact) mass is 344 g/mol. The van der Waals surface area contributed by atoms with E-state index < -0.39 is 5.60 Å². The van der Waals surface area contributed by atoms with Crippen LogP contribution in [0.5, 0.6) is 0 Å². The SMILES string of the molecule is CC(C)(C)OC(=O)N1CCN(c2ccc(Br)cc2F)C1. The normalized spacial score (nSPS) is 15.7. The fourth-order valence-electron chi connectivity index (χ4n) is 2.00. The Morgan fingerprint density at radius 2 is 2.05 bits per heavy atom. The third-order valence-electron chi connectivity index (χ3n) is 2.88. The number of anilines is 1. The fraction of sp³-hybridized carbons (Fsp3) is 0.500. The molecular weight excluding hydrogens is 327 g/mol. The zero-order chi connectivity index (χ0) is 14.9. The molecule has 0 spiro atoms. The van der Waals surface area contributed by atoms with Crippen LogP contribution in [0.15, 0.2) is 22.7 Å². The highest BCUT2D eigenvalue weighted by molar-refractivity contribution is 9.10. The van der Waals surface area contributed by atoms with Gasteiger partial charge in [0.05, 0.1) is 12.4 Å². The average Bonchev–Trinajstić information content (AvgIpc) is 2.75. The van der Waals surface area contributed by atoms with Gasteiger partial charge in [0.25, 0.3) is 0 Å². The molecule has 1 heterocycles. The highest BCUT2D eigenvalue weighted by atomic mass is 79.9. The highest BCUT2D eigenvalue weighted by Crippen LogP contribution is 2.25. The Hall–Kier alpha value is -1.30. The quantitative estimate of drug-likeness (QED) is 0.780. The van der Waals surface area contributed by atoms with Crippen molar-refractivity contribution < 1.29 is 13.9 Å². The number of amides is 1. The summed E-state index contributed by atoms with van der Waals surface area (Å²) in [6.45, 7) is 6.95. The number of carbonyl (C=O) groups is 1. The summed E-state index contributed by atoms with van der Waals surface area (Å²) >= 11 is 3.23. The van der Waals surface area contributed by atoms with Crippen LogP contribution in [0.25, 0.3) is 0 Å². The maximum absolute atomic E-state index is 13.9. The molecule has 1 amide bonds. The summed E-state index contributed by atoms with van der Waals surface area (Å²) in [7, 11) is 0. The van der Waals surface area contributed by atoms with Crippen LogP contribution in [0.3, 0.4) is 0 Å². The predicted molar refractivity (Wildman–Crippen MR) is 79.3 cm³/mol. The van der Waals surface area contributed by atoms with Gasteiger partial charge in [-0.15, -0.1) is 0 Å². The van der Waals surface area contributed by atoms with E-state index in [1.54, 1.807) is 17.0 Å². The highest BCUT2D eigenvalue weighted by Gasteiger charge is 2.29. The zero-order valence-electron chi connectivity index (χ0n) is 11.8. The van der Waals surface area contributed by atoms with Crippen molar-refractivity contribution in [3.63, 3.8) is 0 Å². The summed E-state index contributed by atoms with van der Waals surface area (Å²) in [6, 6.07) is 4.91. The molecule has 0 unspecified atom stereocenters. The molecule has 20 heavy (non-hydrogen) atoms. The van der Waals surface area contributed by atoms with E-state index in [0.29, 0.717) is 29.9 Å². The van der Waals surface area contributed by atoms with Crippen molar-refractivity contribution in [2.75, 3.05) is 24.7 Å². The lowest BCUT2D eigenvalue weighted by Gasteiger charge is -2.25. The molecule has 0 N–H and O–H groups in total. The lowest BCUT2D eigenvalue weighted by molar-refractivity contribution is 0.0297. The summed E-state index contributed by atoms with van der Waals surface area (Å²) in [5.74, 6) is -0.301. The number of hydrogen-bond acceptors (Lipinski definition) is 3. The van der Waals surface area contributed by atoms with Crippen LogP contribution in [0.4, 0.5) is 14.9 Å². The number of halogens is 2. The molecule has 1 fully saturated rings. The topological polar surface area (TPSA) is 32.8 Å². The van der Waals surface area contributed by atoms with Gasteiger partial charge in [-0.1, -0.05) is 15.9 Å². The molecule has 4 nitrogen and oxygen atoms in total. The summed E-state index contributed by atoms with van der Waals surface area (Å²) in [5, 5.41) is 0. The molecule has 0 aliphatic carbocycles. The van der Waals surface area contributed by atoms with Crippen molar-refractivity contribution in [1.82, 2.24) is 4.90 Å². The van der Waals surface area contributed by atoms with E-state index in [9.17, 15) is 9.18 Å². The fourth-order valence-corrected chi connectivity index (χ4v) is 2.33. The molecule has 1 aliphatic heterocycles. The van der Waals surface area contributed by atoms with E-state index in [1.165, 1.54) is 6.07 Å². The average molecular weight is 345 g/mol. The summed E-state index contributed by atoms with van der Waals surface area (Å²) in [4.78, 5) is 15.4. The molecule has 110 valence electrons. The van der Waals surface area contributed by atoms with Gasteiger partial charge in [-0.2, -0.15) is 0 Å². The van der Waals surface area contributed by atoms with E-state index in [4.69, 9.17) is 4.74 Å². The van der Waals surface area contributed by atoms with Crippen LogP contribution >= 0.6 is 15.9 Å². The van der Waals surface area contributed by atoms with Gasteiger partial charge in [-0.25, -0.2) is 9.18 Å². The second kappa shape index (κ2) is 5.60. The summed E-state index contributed by atoms with van der Waals surface area (Å²) in [6.07, 6.45) is -0.363. The van der Waals surface area contributed by atoms with Gasteiger partial charge in [0, 0.05) is 17.6 Å². The number of benzene rings is 1. The second-order valence-corrected chi connectivity index (χ2v) is 6.66. The molecular formula is C14H18BrFN2O2. The Morgan fingerprint density at radius 1 is 1.35 bits per heavy atom. The number of rotatable bonds is 1. The zero-order valence-corrected chi connectivity index (χ0v) is 13.4. The maximum atomic E-state index is 13.9. The van der Waals surface area contributed by atoms with Crippen molar-refractivity contribution >= 4 is 27.7 Å². The standard InChI is InChI=1S/C14H18BrFN2O2/c1-14(2,3)20-13(19)18-7-6-17(9-18)12-5-4-10(15)8-11(12)16/h4-5,8H,6-7,9H2,1-3H3. The first-order valence-electron chi connectivity index (χ1n) is 6.44. The van der Waals surface area contributed by atoms with Gasteiger partial charge in [-0.3, -0.25) is 4.90 Å². The van der Waals surface area contributed by atoms with E-state index in [2.05, 4.69) is 15.9 Å². The molecule has 0 radical (unpaired) electrons. The molecule has 0 atom stereocenters. The first-order chi connectivity index (χ1) is 9.26. The van der Waals surface area contributed by atoms with E-state index in [0.717, 1.165) is 0 Å². The Labute approximate surface area is 126 Å². The Kier molecular flexibility index (Phi) is 4.22. The van der Waals surface area contributed by atoms with Crippen molar-refractivity contribution in [3.05, 3.63) is 28.5 Å². The Balaban J connectivity index is 2.03. The molecule has 6 heteroatoms. The van der Waals surface area contributed by atoms with E-state index in [-0.39, 0.29) is 11.9 Å². The lowest BCUT2D eigenvalue weighted by Crippen LogP contribution is -2.36. The number of carbonyl (C=O) groups excluding carboxylic acids is 1. The van der Waals surface area contributed by atoms with Gasteiger partial charge < -0.3 is 9.64 Å². The van der Waals surface area contributed by atoms with Crippen LogP contribution in [-0.4, -0.2) is 36.4 Å². The summed E-state index contributed by atoms with van der Waals surface area (Å²) < 4.78 is 19.9. The van der Waals surface area contributed by atoms with Crippen LogP contribution < -0.4 is 4.90 Å². The van der Waals surface area contributed by atoms with Crippen molar-refractivity contribution in [3.8, 4) is 0 Å². The first-order valence-corrected chi connectivity index (χ1v) is 7.23. The van der Waals surface area contributed by atoms with Crippen LogP contribution in [0, 0.1) is 5.82 Å². The first kappa shape index (κ1) is 15.1. The Morgan fingerprint density at radius 3 is 2.65 bits per heavy atom. The van der Waals surface area contributed by atoms with Gasteiger partial charge in [-0.05, 0) is 39.0 Å². The minimum Gasteiger partial charge on any atom is -0.444 e. The van der Waals surface area contributed by atoms with Crippen molar-refractivity contribution in [1.29, 1.82) is 0 Å². The lowest BCUT2D eigenvalue weighted by atomic mass is 10.2. The largest absolute Gasteiger partial charge is 0.444 e. The molecule has 1 aromatic rings. The van der Waals surface area contributed by atoms with Gasteiger partial charge >= 0.3 is 6.09 Å². The van der Waals surface area contributed by atoms with Gasteiger partial charge in [0.2, 0.25) is 0 Å².